The molecule has 0 atom stereocenters. The van der Waals surface area contributed by atoms with Crippen LogP contribution in [0.15, 0.2) is 24.3 Å². The first-order valence-electron chi connectivity index (χ1n) is 7.25. The zero-order chi connectivity index (χ0) is 17.1. The number of aromatic nitrogens is 2. The lowest BCUT2D eigenvalue weighted by atomic mass is 10.2. The fraction of sp³-hybridized carbons (Fsp3) is 0.250. The quantitative estimate of drug-likeness (QED) is 0.713. The van der Waals surface area contributed by atoms with E-state index in [9.17, 15) is 4.39 Å². The van der Waals surface area contributed by atoms with Gasteiger partial charge in [0.2, 0.25) is 0 Å². The third kappa shape index (κ3) is 3.10. The molecule has 8 heteroatoms. The highest BCUT2D eigenvalue weighted by atomic mass is 32.1. The fourth-order valence-corrected chi connectivity index (χ4v) is 3.29. The van der Waals surface area contributed by atoms with E-state index in [4.69, 9.17) is 15.2 Å². The first-order chi connectivity index (χ1) is 11.7. The van der Waals surface area contributed by atoms with Crippen molar-refractivity contribution in [2.75, 3.05) is 19.5 Å². The van der Waals surface area contributed by atoms with Crippen LogP contribution in [0, 0.1) is 5.95 Å². The number of fused-ring (bicyclic) bond motifs is 1. The number of nitrogens with two attached hydrogens (primary N) is 1. The molecule has 1 aromatic carbocycles. The predicted octanol–water partition coefficient (Wildman–Crippen LogP) is 2.92. The van der Waals surface area contributed by atoms with Crippen LogP contribution in [0.25, 0.3) is 10.1 Å². The molecule has 0 amide bonds. The molecule has 0 spiro atoms. The van der Waals surface area contributed by atoms with Gasteiger partial charge in [0.25, 0.3) is 5.95 Å². The van der Waals surface area contributed by atoms with Gasteiger partial charge in [-0.15, -0.1) is 21.5 Å². The van der Waals surface area contributed by atoms with Crippen LogP contribution in [0.4, 0.5) is 10.2 Å². The molecule has 0 aliphatic rings. The lowest BCUT2D eigenvalue weighted by Crippen LogP contribution is -2.05. The number of anilines is 1. The molecule has 0 radical (unpaired) electrons. The number of methoxy groups -OCH3 is 2. The van der Waals surface area contributed by atoms with Crippen molar-refractivity contribution < 1.29 is 13.9 Å². The van der Waals surface area contributed by atoms with Crippen LogP contribution < -0.4 is 20.5 Å². The Morgan fingerprint density at radius 3 is 2.75 bits per heavy atom. The molecule has 3 rings (SSSR count). The maximum absolute atomic E-state index is 13.8. The van der Waals surface area contributed by atoms with Crippen molar-refractivity contribution in [3.8, 4) is 11.5 Å². The highest BCUT2D eigenvalue weighted by Gasteiger charge is 2.14. The largest absolute Gasteiger partial charge is 0.497 e. The molecule has 24 heavy (non-hydrogen) atoms. The molecular formula is C16H17FN4O2S. The van der Waals surface area contributed by atoms with Crippen LogP contribution in [0.2, 0.25) is 0 Å². The van der Waals surface area contributed by atoms with E-state index in [-0.39, 0.29) is 0 Å². The maximum Gasteiger partial charge on any atom is 0.251 e. The molecule has 0 fully saturated rings. The normalized spacial score (nSPS) is 10.8. The summed E-state index contributed by atoms with van der Waals surface area (Å²) in [5.74, 6) is 1.34. The Balaban J connectivity index is 1.88. The van der Waals surface area contributed by atoms with Crippen molar-refractivity contribution >= 4 is 27.2 Å². The van der Waals surface area contributed by atoms with Crippen LogP contribution in [0.3, 0.4) is 0 Å². The van der Waals surface area contributed by atoms with E-state index in [1.54, 1.807) is 20.3 Å². The lowest BCUT2D eigenvalue weighted by Gasteiger charge is -2.12. The minimum atomic E-state index is -0.581. The van der Waals surface area contributed by atoms with Crippen molar-refractivity contribution in [1.82, 2.24) is 10.2 Å². The highest BCUT2D eigenvalue weighted by molar-refractivity contribution is 7.19. The summed E-state index contributed by atoms with van der Waals surface area (Å²) in [6.07, 6.45) is 0. The third-order valence-corrected chi connectivity index (χ3v) is 4.74. The molecule has 2 heterocycles. The topological polar surface area (TPSA) is 82.3 Å². The number of rotatable bonds is 6. The van der Waals surface area contributed by atoms with Gasteiger partial charge in [-0.1, -0.05) is 0 Å². The van der Waals surface area contributed by atoms with Gasteiger partial charge in [-0.25, -0.2) is 0 Å². The van der Waals surface area contributed by atoms with Crippen LogP contribution in [0.1, 0.15) is 10.4 Å². The van der Waals surface area contributed by atoms with Gasteiger partial charge in [-0.3, -0.25) is 0 Å². The van der Waals surface area contributed by atoms with E-state index in [0.29, 0.717) is 40.5 Å². The average Bonchev–Trinajstić information content (AvgIpc) is 3.06. The molecule has 6 nitrogen and oxygen atoms in total. The Morgan fingerprint density at radius 1 is 1.21 bits per heavy atom. The van der Waals surface area contributed by atoms with Crippen molar-refractivity contribution in [2.45, 2.75) is 13.1 Å². The summed E-state index contributed by atoms with van der Waals surface area (Å²) in [7, 11) is 3.20. The first-order valence-corrected chi connectivity index (χ1v) is 8.07. The Morgan fingerprint density at radius 2 is 2.04 bits per heavy atom. The highest BCUT2D eigenvalue weighted by Crippen LogP contribution is 2.32. The minimum absolute atomic E-state index is 0.352. The number of nitrogens with one attached hydrogen (secondary N) is 1. The molecule has 2 aromatic heterocycles. The summed E-state index contributed by atoms with van der Waals surface area (Å²) in [6, 6.07) is 7.39. The molecule has 0 unspecified atom stereocenters. The maximum atomic E-state index is 13.8. The third-order valence-electron chi connectivity index (χ3n) is 3.61. The smallest absolute Gasteiger partial charge is 0.251 e. The summed E-state index contributed by atoms with van der Waals surface area (Å²) in [4.78, 5) is 0.878. The molecule has 0 aliphatic heterocycles. The van der Waals surface area contributed by atoms with Crippen molar-refractivity contribution in [3.63, 3.8) is 0 Å². The second-order valence-corrected chi connectivity index (χ2v) is 6.17. The van der Waals surface area contributed by atoms with E-state index < -0.39 is 5.95 Å². The van der Waals surface area contributed by atoms with E-state index in [0.717, 1.165) is 10.4 Å². The molecule has 0 bridgehead atoms. The first kappa shape index (κ1) is 16.4. The van der Waals surface area contributed by atoms with Gasteiger partial charge in [0.1, 0.15) is 11.5 Å². The molecule has 0 saturated carbocycles. The molecule has 0 aliphatic carbocycles. The van der Waals surface area contributed by atoms with Gasteiger partial charge >= 0.3 is 0 Å². The average molecular weight is 348 g/mol. The van der Waals surface area contributed by atoms with E-state index in [2.05, 4.69) is 15.5 Å². The summed E-state index contributed by atoms with van der Waals surface area (Å²) in [5.41, 5.74) is 6.57. The van der Waals surface area contributed by atoms with Gasteiger partial charge in [-0.2, -0.15) is 4.39 Å². The predicted molar refractivity (Wildman–Crippen MR) is 92.1 cm³/mol. The van der Waals surface area contributed by atoms with Crippen LogP contribution in [-0.4, -0.2) is 24.4 Å². The van der Waals surface area contributed by atoms with E-state index in [1.165, 1.54) is 11.3 Å². The Hall–Kier alpha value is -2.45. The van der Waals surface area contributed by atoms with Gasteiger partial charge < -0.3 is 20.5 Å². The summed E-state index contributed by atoms with van der Waals surface area (Å²) in [5, 5.41) is 11.4. The van der Waals surface area contributed by atoms with Crippen molar-refractivity contribution in [3.05, 3.63) is 40.7 Å². The number of halogens is 1. The van der Waals surface area contributed by atoms with Gasteiger partial charge in [0, 0.05) is 35.0 Å². The summed E-state index contributed by atoms with van der Waals surface area (Å²) >= 11 is 1.29. The van der Waals surface area contributed by atoms with Gasteiger partial charge in [0.15, 0.2) is 5.82 Å². The molecule has 126 valence electrons. The second kappa shape index (κ2) is 6.98. The SMILES string of the molecule is COc1ccc(CNc2nnc(F)c3sc(CN)cc23)c(OC)c1. The number of benzene rings is 1. The van der Waals surface area contributed by atoms with Gasteiger partial charge in [0.05, 0.1) is 18.9 Å². The standard InChI is InChI=1S/C16H17FN4O2S/c1-22-10-4-3-9(13(5-10)23-2)8-19-16-12-6-11(7-18)24-14(12)15(17)20-21-16/h3-6H,7-8,18H2,1-2H3,(H,19,21). The number of hydrogen-bond donors (Lipinski definition) is 2. The Kier molecular flexibility index (Phi) is 4.77. The van der Waals surface area contributed by atoms with Crippen LogP contribution in [0.5, 0.6) is 11.5 Å². The van der Waals surface area contributed by atoms with E-state index in [1.807, 2.05) is 18.2 Å². The van der Waals surface area contributed by atoms with Gasteiger partial charge in [-0.05, 0) is 18.2 Å². The van der Waals surface area contributed by atoms with Crippen LogP contribution in [-0.2, 0) is 13.1 Å². The minimum Gasteiger partial charge on any atom is -0.497 e. The molecule has 3 N–H and O–H groups in total. The molecular weight excluding hydrogens is 331 g/mol. The zero-order valence-corrected chi connectivity index (χ0v) is 14.1. The van der Waals surface area contributed by atoms with Crippen molar-refractivity contribution in [1.29, 1.82) is 0 Å². The second-order valence-electron chi connectivity index (χ2n) is 5.03. The zero-order valence-electron chi connectivity index (χ0n) is 13.3. The van der Waals surface area contributed by atoms with Crippen molar-refractivity contribution in [2.24, 2.45) is 5.73 Å². The molecule has 0 saturated heterocycles. The van der Waals surface area contributed by atoms with Crippen LogP contribution >= 0.6 is 11.3 Å². The Bertz CT molecular complexity index is 869. The number of thiophene rings is 1. The number of ether oxygens (including phenoxy) is 2. The monoisotopic (exact) mass is 348 g/mol. The number of hydrogen-bond acceptors (Lipinski definition) is 7. The Labute approximate surface area is 142 Å². The summed E-state index contributed by atoms with van der Waals surface area (Å²) in [6.45, 7) is 0.806. The summed E-state index contributed by atoms with van der Waals surface area (Å²) < 4.78 is 24.8. The fourth-order valence-electron chi connectivity index (χ4n) is 2.37. The number of nitrogens with zero attached hydrogens (tertiary/aromatic N) is 2. The lowest BCUT2D eigenvalue weighted by molar-refractivity contribution is 0.391. The van der Waals surface area contributed by atoms with E-state index >= 15 is 0 Å². The molecule has 3 aromatic rings.